The molecule has 0 fully saturated rings. The highest BCUT2D eigenvalue weighted by atomic mass is 16.6. The summed E-state index contributed by atoms with van der Waals surface area (Å²) in [6.07, 6.45) is 3.30. The van der Waals surface area contributed by atoms with E-state index in [-0.39, 0.29) is 18.1 Å². The van der Waals surface area contributed by atoms with Crippen LogP contribution in [0, 0.1) is 5.92 Å². The van der Waals surface area contributed by atoms with Gasteiger partial charge in [-0.15, -0.1) is 0 Å². The lowest BCUT2D eigenvalue weighted by atomic mass is 9.94. The molecule has 3 rings (SSSR count). The van der Waals surface area contributed by atoms with Gasteiger partial charge in [0, 0.05) is 11.5 Å². The molecule has 2 aromatic rings. The molecule has 0 aromatic heterocycles. The van der Waals surface area contributed by atoms with Crippen molar-refractivity contribution < 1.29 is 14.4 Å². The third-order valence-electron chi connectivity index (χ3n) is 3.85. The van der Waals surface area contributed by atoms with E-state index in [0.29, 0.717) is 5.92 Å². The maximum atomic E-state index is 12.1. The molecule has 0 amide bonds. The van der Waals surface area contributed by atoms with Crippen molar-refractivity contribution in [2.75, 3.05) is 0 Å². The van der Waals surface area contributed by atoms with Gasteiger partial charge in [0.05, 0.1) is 6.10 Å². The Morgan fingerprint density at radius 1 is 0.957 bits per heavy atom. The van der Waals surface area contributed by atoms with Crippen LogP contribution in [-0.4, -0.2) is 10.8 Å². The summed E-state index contributed by atoms with van der Waals surface area (Å²) < 4.78 is 7.70. The Kier molecular flexibility index (Phi) is 4.47. The molecule has 23 heavy (non-hydrogen) atoms. The summed E-state index contributed by atoms with van der Waals surface area (Å²) in [5, 5.41) is 12.1. The van der Waals surface area contributed by atoms with Crippen LogP contribution in [0.5, 0.6) is 0 Å². The van der Waals surface area contributed by atoms with Crippen LogP contribution in [-0.2, 0) is 4.74 Å². The van der Waals surface area contributed by atoms with Crippen molar-refractivity contribution in [3.8, 4) is 0 Å². The molecule has 2 atom stereocenters. The molecular weight excluding hydrogens is 286 g/mol. The van der Waals surface area contributed by atoms with Crippen LogP contribution in [0.25, 0.3) is 0 Å². The molecule has 0 N–H and O–H groups in total. The topological polar surface area (TPSA) is 35.3 Å². The van der Waals surface area contributed by atoms with Crippen molar-refractivity contribution in [2.45, 2.75) is 26.0 Å². The fraction of sp³-hybridized carbons (Fsp3) is 0.250. The van der Waals surface area contributed by atoms with Crippen LogP contribution in [0.15, 0.2) is 72.8 Å². The molecule has 1 aliphatic heterocycles. The Bertz CT molecular complexity index is 705. The van der Waals surface area contributed by atoms with E-state index < -0.39 is 0 Å². The zero-order valence-corrected chi connectivity index (χ0v) is 13.4. The molecule has 1 aliphatic rings. The van der Waals surface area contributed by atoms with Gasteiger partial charge >= 0.3 is 0 Å². The van der Waals surface area contributed by atoms with Gasteiger partial charge in [0.2, 0.25) is 0 Å². The van der Waals surface area contributed by atoms with E-state index in [2.05, 4.69) is 32.2 Å². The molecule has 0 saturated heterocycles. The summed E-state index contributed by atoms with van der Waals surface area (Å²) in [4.78, 5) is 0. The van der Waals surface area contributed by atoms with Crippen LogP contribution in [0.3, 0.4) is 0 Å². The van der Waals surface area contributed by atoms with E-state index in [9.17, 15) is 5.11 Å². The molecule has 0 spiro atoms. The van der Waals surface area contributed by atoms with Crippen molar-refractivity contribution in [1.82, 2.24) is 0 Å². The number of hydrogen-bond donors (Lipinski definition) is 0. The average molecular weight is 307 g/mol. The van der Waals surface area contributed by atoms with E-state index in [4.69, 9.17) is 4.74 Å². The van der Waals surface area contributed by atoms with Crippen LogP contribution in [0.2, 0.25) is 0 Å². The van der Waals surface area contributed by atoms with Crippen LogP contribution in [0.4, 0.5) is 0 Å². The Balaban J connectivity index is 2.12. The summed E-state index contributed by atoms with van der Waals surface area (Å²) >= 11 is 0. The Morgan fingerprint density at radius 2 is 1.52 bits per heavy atom. The van der Waals surface area contributed by atoms with E-state index in [0.717, 1.165) is 11.1 Å². The minimum atomic E-state index is -0.328. The fourth-order valence-corrected chi connectivity index (χ4v) is 2.95. The lowest BCUT2D eigenvalue weighted by molar-refractivity contribution is -0.555. The van der Waals surface area contributed by atoms with E-state index in [1.807, 2.05) is 53.1 Å². The van der Waals surface area contributed by atoms with Crippen molar-refractivity contribution in [3.05, 3.63) is 83.9 Å². The predicted octanol–water partition coefficient (Wildman–Crippen LogP) is 3.40. The van der Waals surface area contributed by atoms with Gasteiger partial charge < -0.3 is 9.84 Å². The minimum Gasteiger partial charge on any atom is -0.594 e. The van der Waals surface area contributed by atoms with Gasteiger partial charge in [-0.05, 0) is 5.56 Å². The van der Waals surface area contributed by atoms with Gasteiger partial charge in [-0.1, -0.05) is 74.5 Å². The summed E-state index contributed by atoms with van der Waals surface area (Å²) in [6, 6.07) is 20.1. The van der Waals surface area contributed by atoms with Gasteiger partial charge in [0.1, 0.15) is 12.2 Å². The minimum absolute atomic E-state index is 0.0568. The summed E-state index contributed by atoms with van der Waals surface area (Å²) in [6.45, 7) is 4.21. The second-order valence-corrected chi connectivity index (χ2v) is 6.09. The molecule has 1 heterocycles. The zero-order valence-electron chi connectivity index (χ0n) is 13.4. The first-order valence-corrected chi connectivity index (χ1v) is 7.93. The molecule has 0 aliphatic carbocycles. The highest BCUT2D eigenvalue weighted by molar-refractivity contribution is 5.54. The normalized spacial score (nSPS) is 22.7. The third-order valence-corrected chi connectivity index (χ3v) is 3.85. The first-order valence-electron chi connectivity index (χ1n) is 7.93. The van der Waals surface area contributed by atoms with Crippen LogP contribution < -0.4 is 5.11 Å². The number of hydrogen-bond acceptors (Lipinski definition) is 2. The number of benzene rings is 2. The van der Waals surface area contributed by atoms with Crippen LogP contribution >= 0.6 is 0 Å². The maximum Gasteiger partial charge on any atom is 0.199 e. The van der Waals surface area contributed by atoms with Crippen LogP contribution in [0.1, 0.15) is 37.1 Å². The lowest BCUT2D eigenvalue weighted by Gasteiger charge is -2.35. The Hall–Kier alpha value is -2.55. The summed E-state index contributed by atoms with van der Waals surface area (Å²) in [7, 11) is 0. The van der Waals surface area contributed by atoms with E-state index in [1.54, 1.807) is 6.20 Å². The molecule has 0 radical (unpaired) electrons. The predicted molar refractivity (Wildman–Crippen MR) is 88.7 cm³/mol. The maximum absolute atomic E-state index is 12.1. The SMILES string of the molecule is CC(C)C=[N+]1C=C([O-])O[C@@H](c2ccccc2)[C@H]1c1ccccc1. The largest absolute Gasteiger partial charge is 0.594 e. The highest BCUT2D eigenvalue weighted by Crippen LogP contribution is 2.38. The van der Waals surface area contributed by atoms with Crippen molar-refractivity contribution in [1.29, 1.82) is 0 Å². The van der Waals surface area contributed by atoms with Gasteiger partial charge in [0.15, 0.2) is 12.2 Å². The average Bonchev–Trinajstić information content (AvgIpc) is 2.55. The molecular formula is C20H21NO2. The standard InChI is InChI=1S/C20H21NO2/c1-15(2)13-21-14-18(22)23-20(17-11-7-4-8-12-17)19(21)16-9-5-3-6-10-16/h3-15,19-20H,1-2H3/t19-,20+/m1/s1. The second-order valence-electron chi connectivity index (χ2n) is 6.09. The molecule has 3 heteroatoms. The van der Waals surface area contributed by atoms with Crippen molar-refractivity contribution >= 4 is 6.21 Å². The van der Waals surface area contributed by atoms with E-state index >= 15 is 0 Å². The molecule has 3 nitrogen and oxygen atoms in total. The monoisotopic (exact) mass is 307 g/mol. The molecule has 118 valence electrons. The van der Waals surface area contributed by atoms with E-state index in [1.165, 1.54) is 0 Å². The van der Waals surface area contributed by atoms with Crippen molar-refractivity contribution in [2.24, 2.45) is 5.92 Å². The summed E-state index contributed by atoms with van der Waals surface area (Å²) in [5.41, 5.74) is 2.13. The molecule has 0 bridgehead atoms. The highest BCUT2D eigenvalue weighted by Gasteiger charge is 2.34. The Labute approximate surface area is 137 Å². The first-order chi connectivity index (χ1) is 11.1. The van der Waals surface area contributed by atoms with Gasteiger partial charge in [0.25, 0.3) is 0 Å². The fourth-order valence-electron chi connectivity index (χ4n) is 2.95. The van der Waals surface area contributed by atoms with Gasteiger partial charge in [-0.25, -0.2) is 0 Å². The number of rotatable bonds is 3. The van der Waals surface area contributed by atoms with Gasteiger partial charge in [-0.3, -0.25) is 0 Å². The second kappa shape index (κ2) is 6.69. The number of nitrogens with zero attached hydrogens (tertiary/aromatic N) is 1. The van der Waals surface area contributed by atoms with Crippen molar-refractivity contribution in [3.63, 3.8) is 0 Å². The zero-order chi connectivity index (χ0) is 16.2. The molecule has 0 unspecified atom stereocenters. The summed E-state index contributed by atoms with van der Waals surface area (Å²) in [5.74, 6) is 0.0303. The molecule has 0 saturated carbocycles. The smallest absolute Gasteiger partial charge is 0.199 e. The molecule has 2 aromatic carbocycles. The quantitative estimate of drug-likeness (QED) is 0.815. The first kappa shape index (κ1) is 15.3. The lowest BCUT2D eigenvalue weighted by Crippen LogP contribution is -2.32. The number of ether oxygens (including phenoxy) is 1. The van der Waals surface area contributed by atoms with Gasteiger partial charge in [-0.2, -0.15) is 4.58 Å². The third kappa shape index (κ3) is 3.45. The Morgan fingerprint density at radius 3 is 2.09 bits per heavy atom.